The predicted octanol–water partition coefficient (Wildman–Crippen LogP) is 2.12. The van der Waals surface area contributed by atoms with Crippen molar-refractivity contribution < 1.29 is 0 Å². The first-order chi connectivity index (χ1) is 9.04. The number of likely N-dealkylation sites (tertiary alicyclic amines) is 1. The first kappa shape index (κ1) is 12.6. The zero-order chi connectivity index (χ0) is 13.5. The molecule has 0 bridgehead atoms. The van der Waals surface area contributed by atoms with Crippen LogP contribution in [-0.4, -0.2) is 34.2 Å². The second kappa shape index (κ2) is 4.62. The third-order valence-corrected chi connectivity index (χ3v) is 4.30. The Morgan fingerprint density at radius 1 is 1.47 bits per heavy atom. The molecule has 1 atom stereocenters. The van der Waals surface area contributed by atoms with E-state index in [-0.39, 0.29) is 5.41 Å². The summed E-state index contributed by atoms with van der Waals surface area (Å²) in [6.07, 6.45) is 2.95. The van der Waals surface area contributed by atoms with Gasteiger partial charge in [-0.1, -0.05) is 26.0 Å². The molecule has 0 aliphatic carbocycles. The lowest BCUT2D eigenvalue weighted by Gasteiger charge is -2.42. The maximum absolute atomic E-state index is 6.19. The topological polar surface area (TPSA) is 57.9 Å². The first-order valence-corrected chi connectivity index (χ1v) is 6.94. The Labute approximate surface area is 114 Å². The van der Waals surface area contributed by atoms with Crippen molar-refractivity contribution in [2.24, 2.45) is 11.1 Å². The molecule has 3 N–H and O–H groups in total. The van der Waals surface area contributed by atoms with Crippen molar-refractivity contribution in [2.75, 3.05) is 13.1 Å². The summed E-state index contributed by atoms with van der Waals surface area (Å²) >= 11 is 0. The molecule has 0 amide bonds. The number of H-pyrrole nitrogens is 1. The van der Waals surface area contributed by atoms with Gasteiger partial charge in [0.1, 0.15) is 0 Å². The van der Waals surface area contributed by atoms with E-state index in [0.717, 1.165) is 31.6 Å². The SMILES string of the molecule is CC1(C)CN(Cc2ccc3cn[nH]c3c2)CCC1N. The molecule has 1 aromatic heterocycles. The van der Waals surface area contributed by atoms with Gasteiger partial charge in [-0.15, -0.1) is 0 Å². The van der Waals surface area contributed by atoms with Crippen LogP contribution in [0.4, 0.5) is 0 Å². The van der Waals surface area contributed by atoms with Crippen molar-refractivity contribution in [3.63, 3.8) is 0 Å². The van der Waals surface area contributed by atoms with Gasteiger partial charge in [0, 0.05) is 31.1 Å². The molecule has 0 spiro atoms. The Morgan fingerprint density at radius 3 is 3.11 bits per heavy atom. The van der Waals surface area contributed by atoms with Crippen LogP contribution in [0.1, 0.15) is 25.8 Å². The number of nitrogens with two attached hydrogens (primary N) is 1. The summed E-state index contributed by atoms with van der Waals surface area (Å²) in [6.45, 7) is 7.68. The zero-order valence-electron chi connectivity index (χ0n) is 11.7. The van der Waals surface area contributed by atoms with E-state index >= 15 is 0 Å². The standard InChI is InChI=1S/C15H22N4/c1-15(2)10-19(6-5-14(15)16)9-11-3-4-12-8-17-18-13(12)7-11/h3-4,7-8,14H,5-6,9-10,16H2,1-2H3,(H,17,18). The molecule has 4 nitrogen and oxygen atoms in total. The quantitative estimate of drug-likeness (QED) is 0.867. The van der Waals surface area contributed by atoms with Crippen molar-refractivity contribution in [2.45, 2.75) is 32.9 Å². The number of aromatic amines is 1. The Bertz CT molecular complexity index is 572. The number of piperidine rings is 1. The van der Waals surface area contributed by atoms with Crippen LogP contribution in [0.3, 0.4) is 0 Å². The van der Waals surface area contributed by atoms with Gasteiger partial charge >= 0.3 is 0 Å². The van der Waals surface area contributed by atoms with E-state index in [1.807, 2.05) is 6.20 Å². The van der Waals surface area contributed by atoms with E-state index in [9.17, 15) is 0 Å². The summed E-state index contributed by atoms with van der Waals surface area (Å²) in [6, 6.07) is 6.84. The summed E-state index contributed by atoms with van der Waals surface area (Å²) < 4.78 is 0. The minimum absolute atomic E-state index is 0.205. The van der Waals surface area contributed by atoms with Gasteiger partial charge in [0.2, 0.25) is 0 Å². The van der Waals surface area contributed by atoms with Gasteiger partial charge in [0.05, 0.1) is 11.7 Å². The Hall–Kier alpha value is -1.39. The second-order valence-electron chi connectivity index (χ2n) is 6.39. The van der Waals surface area contributed by atoms with Crippen LogP contribution in [0.2, 0.25) is 0 Å². The van der Waals surface area contributed by atoms with Crippen molar-refractivity contribution in [3.05, 3.63) is 30.0 Å². The molecular weight excluding hydrogens is 236 g/mol. The van der Waals surface area contributed by atoms with E-state index in [0.29, 0.717) is 6.04 Å². The van der Waals surface area contributed by atoms with Crippen LogP contribution in [-0.2, 0) is 6.54 Å². The summed E-state index contributed by atoms with van der Waals surface area (Å²) in [4.78, 5) is 2.50. The van der Waals surface area contributed by atoms with Crippen LogP contribution in [0.25, 0.3) is 10.9 Å². The van der Waals surface area contributed by atoms with Crippen molar-refractivity contribution in [1.29, 1.82) is 0 Å². The molecule has 1 aliphatic heterocycles. The minimum Gasteiger partial charge on any atom is -0.327 e. The van der Waals surface area contributed by atoms with Gasteiger partial charge in [-0.2, -0.15) is 5.10 Å². The first-order valence-electron chi connectivity index (χ1n) is 6.94. The van der Waals surface area contributed by atoms with E-state index in [1.54, 1.807) is 0 Å². The molecule has 1 saturated heterocycles. The Kier molecular flexibility index (Phi) is 3.07. The van der Waals surface area contributed by atoms with Gasteiger partial charge in [-0.05, 0) is 23.5 Å². The number of fused-ring (bicyclic) bond motifs is 1. The Morgan fingerprint density at radius 2 is 2.32 bits per heavy atom. The largest absolute Gasteiger partial charge is 0.327 e. The minimum atomic E-state index is 0.205. The Balaban J connectivity index is 1.74. The van der Waals surface area contributed by atoms with Gasteiger partial charge in [0.25, 0.3) is 0 Å². The molecule has 1 fully saturated rings. The maximum Gasteiger partial charge on any atom is 0.0653 e. The summed E-state index contributed by atoms with van der Waals surface area (Å²) in [5, 5.41) is 8.27. The molecule has 2 heterocycles. The number of nitrogens with zero attached hydrogens (tertiary/aromatic N) is 2. The van der Waals surface area contributed by atoms with E-state index in [2.05, 4.69) is 47.1 Å². The molecule has 1 aliphatic rings. The summed E-state index contributed by atoms with van der Waals surface area (Å²) in [5.41, 5.74) is 8.85. The highest BCUT2D eigenvalue weighted by atomic mass is 15.1. The fourth-order valence-corrected chi connectivity index (χ4v) is 2.96. The van der Waals surface area contributed by atoms with Crippen LogP contribution < -0.4 is 5.73 Å². The van der Waals surface area contributed by atoms with Crippen LogP contribution >= 0.6 is 0 Å². The monoisotopic (exact) mass is 258 g/mol. The lowest BCUT2D eigenvalue weighted by Crippen LogP contribution is -2.52. The van der Waals surface area contributed by atoms with E-state index in [1.165, 1.54) is 10.9 Å². The molecule has 1 aromatic carbocycles. The van der Waals surface area contributed by atoms with Gasteiger partial charge in [0.15, 0.2) is 0 Å². The fraction of sp³-hybridized carbons (Fsp3) is 0.533. The van der Waals surface area contributed by atoms with Crippen LogP contribution in [0, 0.1) is 5.41 Å². The number of aromatic nitrogens is 2. The molecule has 3 rings (SSSR count). The number of rotatable bonds is 2. The average molecular weight is 258 g/mol. The van der Waals surface area contributed by atoms with Crippen molar-refractivity contribution in [3.8, 4) is 0 Å². The highest BCUT2D eigenvalue weighted by molar-refractivity contribution is 5.78. The predicted molar refractivity (Wildman–Crippen MR) is 77.7 cm³/mol. The normalized spacial score (nSPS) is 23.8. The average Bonchev–Trinajstić information content (AvgIpc) is 2.81. The molecule has 0 saturated carbocycles. The fourth-order valence-electron chi connectivity index (χ4n) is 2.96. The molecule has 0 radical (unpaired) electrons. The van der Waals surface area contributed by atoms with Gasteiger partial charge < -0.3 is 5.73 Å². The smallest absolute Gasteiger partial charge is 0.0653 e. The van der Waals surface area contributed by atoms with Gasteiger partial charge in [-0.3, -0.25) is 10.00 Å². The highest BCUT2D eigenvalue weighted by Gasteiger charge is 2.33. The van der Waals surface area contributed by atoms with Crippen molar-refractivity contribution in [1.82, 2.24) is 15.1 Å². The highest BCUT2D eigenvalue weighted by Crippen LogP contribution is 2.28. The lowest BCUT2D eigenvalue weighted by atomic mass is 9.79. The number of hydrogen-bond donors (Lipinski definition) is 2. The van der Waals surface area contributed by atoms with E-state index in [4.69, 9.17) is 5.73 Å². The van der Waals surface area contributed by atoms with Gasteiger partial charge in [-0.25, -0.2) is 0 Å². The molecule has 19 heavy (non-hydrogen) atoms. The number of benzene rings is 1. The molecule has 102 valence electrons. The van der Waals surface area contributed by atoms with Crippen LogP contribution in [0.15, 0.2) is 24.4 Å². The lowest BCUT2D eigenvalue weighted by molar-refractivity contribution is 0.0899. The maximum atomic E-state index is 6.19. The zero-order valence-corrected chi connectivity index (χ0v) is 11.7. The number of hydrogen-bond acceptors (Lipinski definition) is 3. The third kappa shape index (κ3) is 2.51. The van der Waals surface area contributed by atoms with E-state index < -0.39 is 0 Å². The molecule has 1 unspecified atom stereocenters. The van der Waals surface area contributed by atoms with Crippen LogP contribution in [0.5, 0.6) is 0 Å². The molecule has 2 aromatic rings. The number of nitrogens with one attached hydrogen (secondary N) is 1. The molecular formula is C15H22N4. The molecule has 4 heteroatoms. The second-order valence-corrected chi connectivity index (χ2v) is 6.39. The van der Waals surface area contributed by atoms with Crippen molar-refractivity contribution >= 4 is 10.9 Å². The third-order valence-electron chi connectivity index (χ3n) is 4.30. The summed E-state index contributed by atoms with van der Waals surface area (Å²) in [7, 11) is 0. The summed E-state index contributed by atoms with van der Waals surface area (Å²) in [5.74, 6) is 0.